The molecule has 3 rings (SSSR count). The van der Waals surface area contributed by atoms with Gasteiger partial charge in [-0.05, 0) is 62.8 Å². The van der Waals surface area contributed by atoms with Crippen molar-refractivity contribution in [3.8, 4) is 11.1 Å². The van der Waals surface area contributed by atoms with E-state index in [1.54, 1.807) is 33.8 Å². The Bertz CT molecular complexity index is 1080. The van der Waals surface area contributed by atoms with Crippen molar-refractivity contribution >= 4 is 18.0 Å². The summed E-state index contributed by atoms with van der Waals surface area (Å²) in [4.78, 5) is 37.5. The van der Waals surface area contributed by atoms with Gasteiger partial charge in [-0.1, -0.05) is 54.6 Å². The zero-order valence-corrected chi connectivity index (χ0v) is 20.8. The third-order valence-corrected chi connectivity index (χ3v) is 7.14. The molecule has 35 heavy (non-hydrogen) atoms. The number of nitrogens with one attached hydrogen (secondary N) is 2. The van der Waals surface area contributed by atoms with Crippen LogP contribution >= 0.6 is 0 Å². The molecule has 0 fully saturated rings. The lowest BCUT2D eigenvalue weighted by Gasteiger charge is -2.39. The number of rotatable bonds is 10. The summed E-state index contributed by atoms with van der Waals surface area (Å²) in [6, 6.07) is 15.2. The van der Waals surface area contributed by atoms with E-state index >= 15 is 0 Å². The second-order valence-corrected chi connectivity index (χ2v) is 9.93. The maximum absolute atomic E-state index is 13.0. The van der Waals surface area contributed by atoms with E-state index in [-0.39, 0.29) is 12.5 Å². The number of carboxylic acids is 1. The molecule has 2 aromatic rings. The molecule has 186 valence electrons. The van der Waals surface area contributed by atoms with E-state index in [0.717, 1.165) is 22.3 Å². The summed E-state index contributed by atoms with van der Waals surface area (Å²) in [7, 11) is 0. The van der Waals surface area contributed by atoms with Crippen LogP contribution in [0.1, 0.15) is 57.6 Å². The van der Waals surface area contributed by atoms with E-state index in [9.17, 15) is 19.5 Å². The number of carbonyl (C=O) groups excluding carboxylic acids is 2. The predicted molar refractivity (Wildman–Crippen MR) is 135 cm³/mol. The van der Waals surface area contributed by atoms with Gasteiger partial charge in [-0.15, -0.1) is 6.58 Å². The Morgan fingerprint density at radius 2 is 1.57 bits per heavy atom. The monoisotopic (exact) mass is 478 g/mol. The molecule has 1 aliphatic rings. The highest BCUT2D eigenvalue weighted by Crippen LogP contribution is 2.44. The van der Waals surface area contributed by atoms with E-state index in [1.807, 2.05) is 36.4 Å². The molecule has 1 aliphatic carbocycles. The molecular formula is C28H34N2O5. The Balaban J connectivity index is 1.69. The Morgan fingerprint density at radius 1 is 1.03 bits per heavy atom. The van der Waals surface area contributed by atoms with Gasteiger partial charge in [0.15, 0.2) is 0 Å². The number of ether oxygens (including phenoxy) is 1. The highest BCUT2D eigenvalue weighted by Gasteiger charge is 2.45. The minimum absolute atomic E-state index is 0.0936. The molecule has 0 aliphatic heterocycles. The Labute approximate surface area is 206 Å². The molecule has 3 N–H and O–H groups in total. The average molecular weight is 479 g/mol. The molecule has 0 heterocycles. The quantitative estimate of drug-likeness (QED) is 0.423. The molecule has 1 atom stereocenters. The zero-order chi connectivity index (χ0) is 25.8. The van der Waals surface area contributed by atoms with Crippen molar-refractivity contribution in [2.75, 3.05) is 6.61 Å². The van der Waals surface area contributed by atoms with Crippen LogP contribution in [0.2, 0.25) is 0 Å². The first-order valence-corrected chi connectivity index (χ1v) is 11.8. The van der Waals surface area contributed by atoms with Crippen molar-refractivity contribution in [1.29, 1.82) is 0 Å². The summed E-state index contributed by atoms with van der Waals surface area (Å²) in [5.74, 6) is -1.60. The topological polar surface area (TPSA) is 105 Å². The number of aliphatic carboxylic acids is 1. The van der Waals surface area contributed by atoms with Crippen LogP contribution < -0.4 is 10.6 Å². The number of hydrogen-bond acceptors (Lipinski definition) is 4. The second kappa shape index (κ2) is 10.3. The molecule has 1 unspecified atom stereocenters. The van der Waals surface area contributed by atoms with Crippen LogP contribution in [0.4, 0.5) is 4.79 Å². The standard InChI is InChI=1S/C28H34N2O5/c1-6-7-16-23(24(31)30-28(4,5)27(2,3)25(32)33)29-26(34)35-17-22-20-14-10-8-12-18(20)19-13-9-11-15-21(19)22/h6,8-15,22-23H,1,7,16-17H2,2-5H3,(H,29,34)(H,30,31)(H,32,33). The molecule has 0 saturated heterocycles. The summed E-state index contributed by atoms with van der Waals surface area (Å²) in [5, 5.41) is 15.0. The van der Waals surface area contributed by atoms with Crippen LogP contribution in [-0.4, -0.2) is 41.3 Å². The largest absolute Gasteiger partial charge is 0.481 e. The molecule has 0 bridgehead atoms. The van der Waals surface area contributed by atoms with Crippen molar-refractivity contribution < 1.29 is 24.2 Å². The van der Waals surface area contributed by atoms with E-state index in [1.165, 1.54) is 0 Å². The molecule has 0 radical (unpaired) electrons. The van der Waals surface area contributed by atoms with Gasteiger partial charge in [0.1, 0.15) is 12.6 Å². The lowest BCUT2D eigenvalue weighted by molar-refractivity contribution is -0.152. The SMILES string of the molecule is C=CCCC(NC(=O)OCC1c2ccccc2-c2ccccc21)C(=O)NC(C)(C)C(C)(C)C(=O)O. The maximum Gasteiger partial charge on any atom is 0.407 e. The smallest absolute Gasteiger partial charge is 0.407 e. The molecule has 2 aromatic carbocycles. The van der Waals surface area contributed by atoms with Crippen molar-refractivity contribution in [3.63, 3.8) is 0 Å². The van der Waals surface area contributed by atoms with Gasteiger partial charge in [-0.3, -0.25) is 9.59 Å². The van der Waals surface area contributed by atoms with Gasteiger partial charge in [0, 0.05) is 5.92 Å². The van der Waals surface area contributed by atoms with E-state index in [0.29, 0.717) is 12.8 Å². The summed E-state index contributed by atoms with van der Waals surface area (Å²) in [5.41, 5.74) is 2.16. The minimum atomic E-state index is -1.23. The maximum atomic E-state index is 13.0. The fraction of sp³-hybridized carbons (Fsp3) is 0.393. The number of amides is 2. The summed E-state index contributed by atoms with van der Waals surface area (Å²) in [6.07, 6.45) is 1.76. The fourth-order valence-corrected chi connectivity index (χ4v) is 4.15. The summed E-state index contributed by atoms with van der Waals surface area (Å²) >= 11 is 0. The number of allylic oxidation sites excluding steroid dienone is 1. The van der Waals surface area contributed by atoms with Gasteiger partial charge < -0.3 is 20.5 Å². The number of fused-ring (bicyclic) bond motifs is 3. The van der Waals surface area contributed by atoms with E-state index < -0.39 is 35.0 Å². The van der Waals surface area contributed by atoms with Gasteiger partial charge in [-0.2, -0.15) is 0 Å². The molecule has 2 amide bonds. The molecule has 0 saturated carbocycles. The molecular weight excluding hydrogens is 444 g/mol. The third kappa shape index (κ3) is 5.39. The third-order valence-electron chi connectivity index (χ3n) is 7.14. The highest BCUT2D eigenvalue weighted by molar-refractivity contribution is 5.87. The lowest BCUT2D eigenvalue weighted by atomic mass is 9.74. The van der Waals surface area contributed by atoms with Crippen LogP contribution in [0.5, 0.6) is 0 Å². The van der Waals surface area contributed by atoms with Crippen molar-refractivity contribution in [1.82, 2.24) is 10.6 Å². The van der Waals surface area contributed by atoms with Crippen LogP contribution in [-0.2, 0) is 14.3 Å². The Kier molecular flexibility index (Phi) is 7.68. The Morgan fingerprint density at radius 3 is 2.09 bits per heavy atom. The first-order valence-electron chi connectivity index (χ1n) is 11.8. The number of hydrogen-bond donors (Lipinski definition) is 3. The first-order chi connectivity index (χ1) is 16.5. The second-order valence-electron chi connectivity index (χ2n) is 9.93. The van der Waals surface area contributed by atoms with Gasteiger partial charge in [0.2, 0.25) is 5.91 Å². The van der Waals surface area contributed by atoms with Gasteiger partial charge in [0.05, 0.1) is 11.0 Å². The van der Waals surface area contributed by atoms with E-state index in [4.69, 9.17) is 4.74 Å². The fourth-order valence-electron chi connectivity index (χ4n) is 4.15. The van der Waals surface area contributed by atoms with Crippen molar-refractivity contribution in [3.05, 3.63) is 72.3 Å². The van der Waals surface area contributed by atoms with Crippen molar-refractivity contribution in [2.45, 2.75) is 58.0 Å². The van der Waals surface area contributed by atoms with Gasteiger partial charge in [0.25, 0.3) is 0 Å². The van der Waals surface area contributed by atoms with Gasteiger partial charge >= 0.3 is 12.1 Å². The van der Waals surface area contributed by atoms with Crippen LogP contribution in [0.3, 0.4) is 0 Å². The molecule has 0 aromatic heterocycles. The number of carboxylic acid groups (broad SMARTS) is 1. The van der Waals surface area contributed by atoms with Crippen LogP contribution in [0.25, 0.3) is 11.1 Å². The van der Waals surface area contributed by atoms with Crippen LogP contribution in [0, 0.1) is 5.41 Å². The molecule has 0 spiro atoms. The highest BCUT2D eigenvalue weighted by atomic mass is 16.5. The van der Waals surface area contributed by atoms with E-state index in [2.05, 4.69) is 29.3 Å². The summed E-state index contributed by atoms with van der Waals surface area (Å²) < 4.78 is 5.59. The zero-order valence-electron chi connectivity index (χ0n) is 20.8. The van der Waals surface area contributed by atoms with Crippen LogP contribution in [0.15, 0.2) is 61.2 Å². The number of benzene rings is 2. The number of carbonyl (C=O) groups is 3. The Hall–Kier alpha value is -3.61. The minimum Gasteiger partial charge on any atom is -0.481 e. The normalized spacial score (nSPS) is 13.8. The molecule has 7 nitrogen and oxygen atoms in total. The van der Waals surface area contributed by atoms with Crippen molar-refractivity contribution in [2.24, 2.45) is 5.41 Å². The predicted octanol–water partition coefficient (Wildman–Crippen LogP) is 4.87. The average Bonchev–Trinajstić information content (AvgIpc) is 3.13. The lowest BCUT2D eigenvalue weighted by Crippen LogP contribution is -2.60. The summed E-state index contributed by atoms with van der Waals surface area (Å²) in [6.45, 7) is 10.2. The molecule has 7 heteroatoms. The van der Waals surface area contributed by atoms with Gasteiger partial charge in [-0.25, -0.2) is 4.79 Å². The first kappa shape index (κ1) is 26.0. The number of alkyl carbamates (subject to hydrolysis) is 1.